The lowest BCUT2D eigenvalue weighted by Crippen LogP contribution is -2.21. The maximum Gasteiger partial charge on any atom is 0.131 e. The van der Waals surface area contributed by atoms with Gasteiger partial charge in [-0.05, 0) is 37.9 Å². The van der Waals surface area contributed by atoms with E-state index in [2.05, 4.69) is 48.3 Å². The second-order valence-electron chi connectivity index (χ2n) is 5.85. The molecule has 0 aliphatic carbocycles. The number of nitrogens with one attached hydrogen (secondary N) is 1. The van der Waals surface area contributed by atoms with Gasteiger partial charge in [-0.15, -0.1) is 0 Å². The Morgan fingerprint density at radius 3 is 2.95 bits per heavy atom. The number of likely N-dealkylation sites (tertiary alicyclic amines) is 1. The Bertz CT molecular complexity index is 594. The van der Waals surface area contributed by atoms with Gasteiger partial charge >= 0.3 is 0 Å². The third-order valence-corrected chi connectivity index (χ3v) is 4.05. The third-order valence-electron chi connectivity index (χ3n) is 4.05. The highest BCUT2D eigenvalue weighted by atomic mass is 15.1. The van der Waals surface area contributed by atoms with E-state index in [-0.39, 0.29) is 0 Å². The molecule has 106 valence electrons. The van der Waals surface area contributed by atoms with E-state index in [0.29, 0.717) is 0 Å². The molecule has 1 fully saturated rings. The van der Waals surface area contributed by atoms with Gasteiger partial charge in [-0.25, -0.2) is 4.98 Å². The normalized spacial score (nSPS) is 19.6. The molecule has 2 aromatic rings. The number of pyridine rings is 1. The molecular weight excluding hydrogens is 246 g/mol. The van der Waals surface area contributed by atoms with Crippen LogP contribution in [0.4, 0.5) is 5.82 Å². The number of para-hydroxylation sites is 1. The summed E-state index contributed by atoms with van der Waals surface area (Å²) >= 11 is 0. The summed E-state index contributed by atoms with van der Waals surface area (Å²) in [6, 6.07) is 10.7. The Balaban J connectivity index is 1.92. The molecule has 0 saturated carbocycles. The zero-order valence-corrected chi connectivity index (χ0v) is 12.4. The topological polar surface area (TPSA) is 28.2 Å². The summed E-state index contributed by atoms with van der Waals surface area (Å²) in [5.41, 5.74) is 2.39. The van der Waals surface area contributed by atoms with Gasteiger partial charge in [0.25, 0.3) is 0 Å². The summed E-state index contributed by atoms with van der Waals surface area (Å²) in [6.07, 6.45) is 1.32. The van der Waals surface area contributed by atoms with Crippen molar-refractivity contribution in [2.45, 2.75) is 26.8 Å². The molecule has 0 bridgehead atoms. The van der Waals surface area contributed by atoms with Crippen LogP contribution in [0.5, 0.6) is 0 Å². The van der Waals surface area contributed by atoms with E-state index in [1.165, 1.54) is 30.5 Å². The number of anilines is 1. The van der Waals surface area contributed by atoms with E-state index in [0.717, 1.165) is 30.3 Å². The zero-order valence-electron chi connectivity index (χ0n) is 12.4. The first-order valence-electron chi connectivity index (χ1n) is 7.61. The van der Waals surface area contributed by atoms with Crippen LogP contribution >= 0.6 is 0 Å². The monoisotopic (exact) mass is 269 g/mol. The van der Waals surface area contributed by atoms with Crippen LogP contribution in [-0.2, 0) is 6.54 Å². The third kappa shape index (κ3) is 2.78. The highest BCUT2D eigenvalue weighted by Gasteiger charge is 2.20. The van der Waals surface area contributed by atoms with Crippen LogP contribution in [0, 0.1) is 5.92 Å². The lowest BCUT2D eigenvalue weighted by Gasteiger charge is -2.18. The number of fused-ring (bicyclic) bond motifs is 1. The zero-order chi connectivity index (χ0) is 13.9. The van der Waals surface area contributed by atoms with Gasteiger partial charge in [-0.1, -0.05) is 25.1 Å². The summed E-state index contributed by atoms with van der Waals surface area (Å²) in [4.78, 5) is 7.33. The Morgan fingerprint density at radius 2 is 2.20 bits per heavy atom. The van der Waals surface area contributed by atoms with Gasteiger partial charge in [0.2, 0.25) is 0 Å². The van der Waals surface area contributed by atoms with E-state index in [1.54, 1.807) is 0 Å². The molecular formula is C17H23N3. The molecule has 0 spiro atoms. The first-order valence-corrected chi connectivity index (χ1v) is 7.61. The fourth-order valence-corrected chi connectivity index (χ4v) is 3.01. The number of benzene rings is 1. The Morgan fingerprint density at radius 1 is 1.35 bits per heavy atom. The lowest BCUT2D eigenvalue weighted by molar-refractivity contribution is 0.320. The average molecular weight is 269 g/mol. The van der Waals surface area contributed by atoms with E-state index < -0.39 is 0 Å². The van der Waals surface area contributed by atoms with Crippen LogP contribution in [0.25, 0.3) is 10.9 Å². The van der Waals surface area contributed by atoms with Gasteiger partial charge in [0.1, 0.15) is 5.82 Å². The molecule has 3 nitrogen and oxygen atoms in total. The maximum absolute atomic E-state index is 4.79. The summed E-state index contributed by atoms with van der Waals surface area (Å²) in [5, 5.41) is 4.65. The van der Waals surface area contributed by atoms with Gasteiger partial charge in [-0.2, -0.15) is 0 Å². The van der Waals surface area contributed by atoms with Crippen LogP contribution in [0.2, 0.25) is 0 Å². The minimum atomic E-state index is 0.825. The first-order chi connectivity index (χ1) is 9.76. The standard InChI is InChI=1S/C17H23N3/c1-3-18-17-15(12-20-9-8-13(2)11-20)10-14-6-4-5-7-16(14)19-17/h4-7,10,13H,3,8-9,11-12H2,1-2H3,(H,18,19). The van der Waals surface area contributed by atoms with Crippen molar-refractivity contribution in [3.05, 3.63) is 35.9 Å². The number of hydrogen-bond acceptors (Lipinski definition) is 3. The second-order valence-corrected chi connectivity index (χ2v) is 5.85. The Kier molecular flexibility index (Phi) is 3.88. The quantitative estimate of drug-likeness (QED) is 0.920. The summed E-state index contributed by atoms with van der Waals surface area (Å²) in [7, 11) is 0. The average Bonchev–Trinajstić information content (AvgIpc) is 2.85. The molecule has 1 unspecified atom stereocenters. The van der Waals surface area contributed by atoms with Crippen molar-refractivity contribution < 1.29 is 0 Å². The molecule has 1 N–H and O–H groups in total. The highest BCUT2D eigenvalue weighted by Crippen LogP contribution is 2.24. The second kappa shape index (κ2) is 5.80. The van der Waals surface area contributed by atoms with Crippen molar-refractivity contribution in [3.63, 3.8) is 0 Å². The van der Waals surface area contributed by atoms with E-state index in [4.69, 9.17) is 4.98 Å². The molecule has 0 radical (unpaired) electrons. The summed E-state index contributed by atoms with van der Waals surface area (Å²) in [6.45, 7) is 8.79. The van der Waals surface area contributed by atoms with Crippen molar-refractivity contribution in [2.24, 2.45) is 5.92 Å². The summed E-state index contributed by atoms with van der Waals surface area (Å²) in [5.74, 6) is 1.87. The van der Waals surface area contributed by atoms with Crippen molar-refractivity contribution >= 4 is 16.7 Å². The smallest absolute Gasteiger partial charge is 0.131 e. The molecule has 1 aliphatic heterocycles. The summed E-state index contributed by atoms with van der Waals surface area (Å²) < 4.78 is 0. The van der Waals surface area contributed by atoms with Gasteiger partial charge in [-0.3, -0.25) is 4.90 Å². The molecule has 20 heavy (non-hydrogen) atoms. The molecule has 2 heterocycles. The number of nitrogens with zero attached hydrogens (tertiary/aromatic N) is 2. The van der Waals surface area contributed by atoms with Gasteiger partial charge < -0.3 is 5.32 Å². The van der Waals surface area contributed by atoms with E-state index >= 15 is 0 Å². The van der Waals surface area contributed by atoms with E-state index in [9.17, 15) is 0 Å². The predicted octanol–water partition coefficient (Wildman–Crippen LogP) is 3.51. The van der Waals surface area contributed by atoms with Crippen molar-refractivity contribution in [3.8, 4) is 0 Å². The Labute approximate surface area is 121 Å². The fraction of sp³-hybridized carbons (Fsp3) is 0.471. The fourth-order valence-electron chi connectivity index (χ4n) is 3.01. The SMILES string of the molecule is CCNc1nc2ccccc2cc1CN1CCC(C)C1. The minimum absolute atomic E-state index is 0.825. The minimum Gasteiger partial charge on any atom is -0.370 e. The highest BCUT2D eigenvalue weighted by molar-refractivity contribution is 5.81. The van der Waals surface area contributed by atoms with Crippen LogP contribution < -0.4 is 5.32 Å². The molecule has 3 rings (SSSR count). The first kappa shape index (κ1) is 13.4. The van der Waals surface area contributed by atoms with Crippen molar-refractivity contribution in [1.29, 1.82) is 0 Å². The molecule has 1 aliphatic rings. The molecule has 3 heteroatoms. The predicted molar refractivity (Wildman–Crippen MR) is 85.0 cm³/mol. The van der Waals surface area contributed by atoms with Crippen LogP contribution in [0.1, 0.15) is 25.8 Å². The van der Waals surface area contributed by atoms with Crippen LogP contribution in [-0.4, -0.2) is 29.5 Å². The largest absolute Gasteiger partial charge is 0.370 e. The number of rotatable bonds is 4. The molecule has 1 aromatic heterocycles. The maximum atomic E-state index is 4.79. The Hall–Kier alpha value is -1.61. The van der Waals surface area contributed by atoms with Gasteiger partial charge in [0, 0.05) is 30.6 Å². The molecule has 1 aromatic carbocycles. The van der Waals surface area contributed by atoms with Crippen LogP contribution in [0.15, 0.2) is 30.3 Å². The van der Waals surface area contributed by atoms with Crippen molar-refractivity contribution in [1.82, 2.24) is 9.88 Å². The number of aromatic nitrogens is 1. The molecule has 0 amide bonds. The van der Waals surface area contributed by atoms with Gasteiger partial charge in [0.05, 0.1) is 5.52 Å². The van der Waals surface area contributed by atoms with Crippen LogP contribution in [0.3, 0.4) is 0 Å². The number of hydrogen-bond donors (Lipinski definition) is 1. The van der Waals surface area contributed by atoms with Crippen molar-refractivity contribution in [2.75, 3.05) is 25.0 Å². The molecule has 1 atom stereocenters. The lowest BCUT2D eigenvalue weighted by atomic mass is 10.1. The van der Waals surface area contributed by atoms with E-state index in [1.807, 2.05) is 6.07 Å². The van der Waals surface area contributed by atoms with Gasteiger partial charge in [0.15, 0.2) is 0 Å². The molecule has 1 saturated heterocycles.